The number of fused-ring (bicyclic) bond motifs is 3. The van der Waals surface area contributed by atoms with E-state index in [-0.39, 0.29) is 29.4 Å². The van der Waals surface area contributed by atoms with Crippen molar-refractivity contribution in [3.05, 3.63) is 52.8 Å². The topological polar surface area (TPSA) is 140 Å². The molecule has 0 atom stereocenters. The maximum atomic E-state index is 13.6. The summed E-state index contributed by atoms with van der Waals surface area (Å²) in [6.45, 7) is 12.3. The molecular weight excluding hydrogens is 520 g/mol. The van der Waals surface area contributed by atoms with Crippen molar-refractivity contribution >= 4 is 23.6 Å². The zero-order valence-electron chi connectivity index (χ0n) is 24.7. The summed E-state index contributed by atoms with van der Waals surface area (Å²) in [5.41, 5.74) is 10.6. The van der Waals surface area contributed by atoms with Crippen molar-refractivity contribution in [2.75, 3.05) is 24.1 Å². The molecule has 218 valence electrons. The zero-order chi connectivity index (χ0) is 29.5. The Morgan fingerprint density at radius 1 is 1.20 bits per heavy atom. The Morgan fingerprint density at radius 2 is 1.93 bits per heavy atom. The number of alkyl carbamates (subject to hydrolysis) is 1. The van der Waals surface area contributed by atoms with E-state index in [1.807, 2.05) is 46.0 Å². The number of piperidine rings is 1. The van der Waals surface area contributed by atoms with Gasteiger partial charge in [0.15, 0.2) is 5.69 Å². The fourth-order valence-electron chi connectivity index (χ4n) is 5.82. The molecule has 0 unspecified atom stereocenters. The lowest BCUT2D eigenvalue weighted by atomic mass is 9.73. The van der Waals surface area contributed by atoms with Crippen LogP contribution >= 0.6 is 0 Å². The second-order valence-electron chi connectivity index (χ2n) is 12.7. The van der Waals surface area contributed by atoms with Crippen LogP contribution in [0.15, 0.2) is 30.5 Å². The molecule has 1 fully saturated rings. The van der Waals surface area contributed by atoms with Gasteiger partial charge in [0, 0.05) is 50.2 Å². The summed E-state index contributed by atoms with van der Waals surface area (Å²) in [5, 5.41) is 10.7. The van der Waals surface area contributed by atoms with Crippen LogP contribution in [0.5, 0.6) is 0 Å². The normalized spacial score (nSPS) is 16.9. The number of benzene rings is 1. The lowest BCUT2D eigenvalue weighted by Crippen LogP contribution is -2.45. The van der Waals surface area contributed by atoms with Crippen molar-refractivity contribution in [2.24, 2.45) is 7.05 Å². The Morgan fingerprint density at radius 3 is 2.63 bits per heavy atom. The first-order chi connectivity index (χ1) is 19.3. The van der Waals surface area contributed by atoms with Crippen LogP contribution in [0.2, 0.25) is 0 Å². The predicted octanol–water partition coefficient (Wildman–Crippen LogP) is 4.03. The van der Waals surface area contributed by atoms with Crippen LogP contribution in [-0.2, 0) is 30.2 Å². The SMILES string of the molecule is Cn1nc(C(=O)Nc2cccc(CN3CCC(NC(=O)OC(C)(C)C)CC3)c2)c2c1-c1nc(N)ncc1CC2(C)C. The van der Waals surface area contributed by atoms with Crippen LogP contribution < -0.4 is 16.4 Å². The molecular formula is C30H40N8O3. The van der Waals surface area contributed by atoms with Crippen molar-refractivity contribution in [3.63, 3.8) is 0 Å². The molecule has 11 nitrogen and oxygen atoms in total. The van der Waals surface area contributed by atoms with E-state index in [0.717, 1.165) is 60.6 Å². The number of aryl methyl sites for hydroxylation is 1. The number of hydrogen-bond acceptors (Lipinski definition) is 8. The quantitative estimate of drug-likeness (QED) is 0.425. The molecule has 3 heterocycles. The molecule has 1 aliphatic heterocycles. The van der Waals surface area contributed by atoms with Gasteiger partial charge in [0.25, 0.3) is 5.91 Å². The molecule has 2 amide bonds. The largest absolute Gasteiger partial charge is 0.444 e. The number of rotatable bonds is 5. The number of nitrogen functional groups attached to an aromatic ring is 1. The van der Waals surface area contributed by atoms with Gasteiger partial charge in [-0.25, -0.2) is 14.8 Å². The maximum Gasteiger partial charge on any atom is 0.407 e. The summed E-state index contributed by atoms with van der Waals surface area (Å²) in [7, 11) is 1.83. The highest BCUT2D eigenvalue weighted by Gasteiger charge is 2.39. The van der Waals surface area contributed by atoms with Crippen LogP contribution in [0.1, 0.15) is 74.6 Å². The molecule has 4 N–H and O–H groups in total. The van der Waals surface area contributed by atoms with Gasteiger partial charge in [-0.15, -0.1) is 0 Å². The first-order valence-corrected chi connectivity index (χ1v) is 14.1. The molecule has 1 saturated heterocycles. The Bertz CT molecular complexity index is 1460. The van der Waals surface area contributed by atoms with Crippen molar-refractivity contribution < 1.29 is 14.3 Å². The van der Waals surface area contributed by atoms with Crippen LogP contribution in [0.3, 0.4) is 0 Å². The Kier molecular flexibility index (Phi) is 7.50. The standard InChI is InChI=1S/C30H40N8O3/c1-29(2,3)41-28(40)34-20-10-12-38(13-11-20)17-18-8-7-9-21(14-18)33-26(39)24-22-25(37(6)36-24)23-19(15-30(22,4)5)16-32-27(31)35-23/h7-9,14,16,20H,10-13,15,17H2,1-6H3,(H,33,39)(H,34,40)(H2,31,32,35). The summed E-state index contributed by atoms with van der Waals surface area (Å²) < 4.78 is 7.11. The van der Waals surface area contributed by atoms with E-state index in [9.17, 15) is 9.59 Å². The van der Waals surface area contributed by atoms with Gasteiger partial charge in [-0.1, -0.05) is 26.0 Å². The third kappa shape index (κ3) is 6.35. The molecule has 41 heavy (non-hydrogen) atoms. The summed E-state index contributed by atoms with van der Waals surface area (Å²) in [5.74, 6) is -0.0615. The van der Waals surface area contributed by atoms with Gasteiger partial charge in [0.1, 0.15) is 5.60 Å². The Hall–Kier alpha value is -3.99. The number of likely N-dealkylation sites (tertiary alicyclic amines) is 1. The van der Waals surface area contributed by atoms with Crippen LogP contribution in [-0.4, -0.2) is 61.4 Å². The Balaban J connectivity index is 1.25. The lowest BCUT2D eigenvalue weighted by molar-refractivity contribution is 0.0477. The van der Waals surface area contributed by atoms with E-state index in [1.165, 1.54) is 0 Å². The summed E-state index contributed by atoms with van der Waals surface area (Å²) in [4.78, 5) is 36.7. The van der Waals surface area contributed by atoms with E-state index in [1.54, 1.807) is 10.9 Å². The van der Waals surface area contributed by atoms with Gasteiger partial charge in [0.05, 0.1) is 11.4 Å². The highest BCUT2D eigenvalue weighted by Crippen LogP contribution is 2.43. The summed E-state index contributed by atoms with van der Waals surface area (Å²) in [6.07, 6.45) is 3.80. The second-order valence-corrected chi connectivity index (χ2v) is 12.7. The number of nitrogens with one attached hydrogen (secondary N) is 2. The zero-order valence-corrected chi connectivity index (χ0v) is 24.7. The highest BCUT2D eigenvalue weighted by molar-refractivity contribution is 6.05. The number of ether oxygens (including phenoxy) is 1. The van der Waals surface area contributed by atoms with Crippen LogP contribution in [0, 0.1) is 0 Å². The third-order valence-electron chi connectivity index (χ3n) is 7.58. The molecule has 2 aliphatic rings. The van der Waals surface area contributed by atoms with Gasteiger partial charge in [-0.05, 0) is 68.7 Å². The maximum absolute atomic E-state index is 13.6. The van der Waals surface area contributed by atoms with E-state index >= 15 is 0 Å². The molecule has 1 aromatic carbocycles. The molecule has 0 bridgehead atoms. The average molecular weight is 561 g/mol. The third-order valence-corrected chi connectivity index (χ3v) is 7.58. The number of carbonyl (C=O) groups is 2. The minimum absolute atomic E-state index is 0.107. The van der Waals surface area contributed by atoms with Gasteiger partial charge in [-0.3, -0.25) is 14.4 Å². The van der Waals surface area contributed by atoms with Crippen LogP contribution in [0.4, 0.5) is 16.4 Å². The van der Waals surface area contributed by atoms with E-state index in [0.29, 0.717) is 17.8 Å². The molecule has 3 aromatic rings. The number of aromatic nitrogens is 4. The van der Waals surface area contributed by atoms with E-state index < -0.39 is 5.60 Å². The molecule has 1 aliphatic carbocycles. The second kappa shape index (κ2) is 10.8. The summed E-state index contributed by atoms with van der Waals surface area (Å²) >= 11 is 0. The number of anilines is 2. The number of nitrogens with two attached hydrogens (primary N) is 1. The molecule has 0 radical (unpaired) electrons. The molecule has 11 heteroatoms. The molecule has 0 spiro atoms. The highest BCUT2D eigenvalue weighted by atomic mass is 16.6. The van der Waals surface area contributed by atoms with Crippen molar-refractivity contribution in [3.8, 4) is 11.4 Å². The fraction of sp³-hybridized carbons (Fsp3) is 0.500. The van der Waals surface area contributed by atoms with Gasteiger partial charge in [0.2, 0.25) is 5.95 Å². The Labute approximate surface area is 240 Å². The predicted molar refractivity (Wildman–Crippen MR) is 157 cm³/mol. The van der Waals surface area contributed by atoms with Crippen molar-refractivity contribution in [2.45, 2.75) is 77.5 Å². The lowest BCUT2D eigenvalue weighted by Gasteiger charge is -2.33. The number of carbonyl (C=O) groups excluding carboxylic acids is 2. The number of amides is 2. The average Bonchev–Trinajstić information content (AvgIpc) is 3.24. The minimum atomic E-state index is -0.508. The number of hydrogen-bond donors (Lipinski definition) is 3. The first-order valence-electron chi connectivity index (χ1n) is 14.1. The summed E-state index contributed by atoms with van der Waals surface area (Å²) in [6, 6.07) is 8.02. The van der Waals surface area contributed by atoms with E-state index in [4.69, 9.17) is 10.5 Å². The van der Waals surface area contributed by atoms with E-state index in [2.05, 4.69) is 50.5 Å². The minimum Gasteiger partial charge on any atom is -0.444 e. The van der Waals surface area contributed by atoms with Crippen LogP contribution in [0.25, 0.3) is 11.4 Å². The molecule has 0 saturated carbocycles. The first kappa shape index (κ1) is 28.5. The van der Waals surface area contributed by atoms with Gasteiger partial charge >= 0.3 is 6.09 Å². The smallest absolute Gasteiger partial charge is 0.407 e. The number of nitrogens with zero attached hydrogens (tertiary/aromatic N) is 5. The monoisotopic (exact) mass is 560 g/mol. The molecule has 2 aromatic heterocycles. The van der Waals surface area contributed by atoms with Gasteiger partial charge < -0.3 is 21.1 Å². The van der Waals surface area contributed by atoms with Crippen molar-refractivity contribution in [1.82, 2.24) is 30.0 Å². The fourth-order valence-corrected chi connectivity index (χ4v) is 5.82. The van der Waals surface area contributed by atoms with Gasteiger partial charge in [-0.2, -0.15) is 5.10 Å². The van der Waals surface area contributed by atoms with Crippen molar-refractivity contribution in [1.29, 1.82) is 0 Å². The molecule has 5 rings (SSSR count).